The number of quaternary nitrogens is 1. The van der Waals surface area contributed by atoms with Gasteiger partial charge in [-0.1, -0.05) is 339 Å². The molecule has 0 amide bonds. The fourth-order valence-electron chi connectivity index (χ4n) is 11.0. The number of carbonyl (C=O) groups excluding carboxylic acids is 2. The van der Waals surface area contributed by atoms with Gasteiger partial charge in [0.25, 0.3) is 6.29 Å². The highest BCUT2D eigenvalue weighted by Gasteiger charge is 2.25. The maximum Gasteiger partial charge on any atom is 0.361 e. The van der Waals surface area contributed by atoms with Crippen LogP contribution in [0.15, 0.2) is 36.5 Å². The molecule has 9 nitrogen and oxygen atoms in total. The van der Waals surface area contributed by atoms with Gasteiger partial charge in [-0.2, -0.15) is 0 Å². The monoisotopic (exact) mass is 1190 g/mol. The molecule has 2 atom stereocenters. The number of hydrogen-bond acceptors (Lipinski definition) is 7. The van der Waals surface area contributed by atoms with Crippen LogP contribution in [-0.4, -0.2) is 87.4 Å². The number of esters is 2. The van der Waals surface area contributed by atoms with E-state index in [-0.39, 0.29) is 32.2 Å². The Balaban J connectivity index is 4.02. The van der Waals surface area contributed by atoms with Crippen LogP contribution < -0.4 is 0 Å². The molecule has 0 spiro atoms. The van der Waals surface area contributed by atoms with Crippen molar-refractivity contribution in [2.75, 3.05) is 47.5 Å². The first-order chi connectivity index (χ1) is 41.1. The number of carbonyl (C=O) groups is 3. The molecule has 0 rings (SSSR count). The molecule has 0 aliphatic rings. The molecule has 0 heterocycles. The Morgan fingerprint density at radius 2 is 0.643 bits per heavy atom. The van der Waals surface area contributed by atoms with Crippen molar-refractivity contribution in [2.24, 2.45) is 0 Å². The highest BCUT2D eigenvalue weighted by molar-refractivity contribution is 5.71. The quantitative estimate of drug-likeness (QED) is 0.0211. The highest BCUT2D eigenvalue weighted by atomic mass is 16.7. The van der Waals surface area contributed by atoms with Crippen LogP contribution in [0, 0.1) is 0 Å². The van der Waals surface area contributed by atoms with Gasteiger partial charge in [0.2, 0.25) is 0 Å². The summed E-state index contributed by atoms with van der Waals surface area (Å²) >= 11 is 0. The summed E-state index contributed by atoms with van der Waals surface area (Å²) in [4.78, 5) is 37.6. The Hall–Kier alpha value is -2.49. The molecular formula is C75H142NO8+. The summed E-state index contributed by atoms with van der Waals surface area (Å²) in [5.74, 6) is -1.99. The van der Waals surface area contributed by atoms with Crippen LogP contribution in [-0.2, 0) is 33.3 Å². The molecule has 9 heteroatoms. The predicted molar refractivity (Wildman–Crippen MR) is 360 cm³/mol. The van der Waals surface area contributed by atoms with E-state index in [0.29, 0.717) is 17.4 Å². The third kappa shape index (κ3) is 67.0. The largest absolute Gasteiger partial charge is 0.477 e. The number of likely N-dealkylation sites (N-methyl/N-ethyl adjacent to an activating group) is 1. The lowest BCUT2D eigenvalue weighted by atomic mass is 10.0. The number of carboxylic acid groups (broad SMARTS) is 1. The van der Waals surface area contributed by atoms with E-state index in [1.807, 2.05) is 21.1 Å². The van der Waals surface area contributed by atoms with Gasteiger partial charge in [0.1, 0.15) is 13.2 Å². The lowest BCUT2D eigenvalue weighted by Gasteiger charge is -2.25. The first-order valence-electron chi connectivity index (χ1n) is 36.7. The summed E-state index contributed by atoms with van der Waals surface area (Å²) in [5.41, 5.74) is 0. The predicted octanol–water partition coefficient (Wildman–Crippen LogP) is 22.8. The zero-order valence-electron chi connectivity index (χ0n) is 56.6. The van der Waals surface area contributed by atoms with Crippen molar-refractivity contribution in [3.05, 3.63) is 36.5 Å². The molecule has 0 aromatic carbocycles. The molecule has 2 unspecified atom stereocenters. The van der Waals surface area contributed by atoms with Crippen LogP contribution in [0.5, 0.6) is 0 Å². The molecule has 0 aromatic heterocycles. The lowest BCUT2D eigenvalue weighted by Crippen LogP contribution is -2.40. The SMILES string of the molecule is CCCCCCC/C=C\C/C=C\C/C=C\CCCCCCCCCCCCC(=O)OC(COC(=O)CCCCCCCCCCCCCCCCCCCCCCCCCCCCCCCCCCCC)COC(OCC[N+](C)(C)C)C(=O)O. The van der Waals surface area contributed by atoms with E-state index >= 15 is 0 Å². The number of hydrogen-bond donors (Lipinski definition) is 1. The molecule has 0 saturated heterocycles. The Morgan fingerprint density at radius 3 is 0.952 bits per heavy atom. The summed E-state index contributed by atoms with van der Waals surface area (Å²) < 4.78 is 23.0. The second-order valence-corrected chi connectivity index (χ2v) is 26.3. The van der Waals surface area contributed by atoms with Crippen molar-refractivity contribution in [1.82, 2.24) is 0 Å². The van der Waals surface area contributed by atoms with Crippen molar-refractivity contribution in [1.29, 1.82) is 0 Å². The molecular weight excluding hydrogens is 1040 g/mol. The average Bonchev–Trinajstić information content (AvgIpc) is 3.52. The van der Waals surface area contributed by atoms with Crippen LogP contribution in [0.25, 0.3) is 0 Å². The van der Waals surface area contributed by atoms with Crippen LogP contribution in [0.4, 0.5) is 0 Å². The number of nitrogens with zero attached hydrogens (tertiary/aromatic N) is 1. The van der Waals surface area contributed by atoms with Gasteiger partial charge in [-0.25, -0.2) is 4.79 Å². The molecule has 494 valence electrons. The van der Waals surface area contributed by atoms with E-state index in [1.54, 1.807) is 0 Å². The minimum atomic E-state index is -1.51. The Bertz CT molecular complexity index is 1470. The van der Waals surface area contributed by atoms with E-state index in [0.717, 1.165) is 57.8 Å². The molecule has 0 radical (unpaired) electrons. The first-order valence-corrected chi connectivity index (χ1v) is 36.7. The zero-order chi connectivity index (χ0) is 61.2. The summed E-state index contributed by atoms with van der Waals surface area (Å²) in [5, 5.41) is 9.75. The van der Waals surface area contributed by atoms with Crippen LogP contribution >= 0.6 is 0 Å². The third-order valence-electron chi connectivity index (χ3n) is 16.6. The van der Waals surface area contributed by atoms with E-state index in [2.05, 4.69) is 50.3 Å². The second-order valence-electron chi connectivity index (χ2n) is 26.3. The van der Waals surface area contributed by atoms with Crippen LogP contribution in [0.1, 0.15) is 367 Å². The molecule has 0 aromatic rings. The van der Waals surface area contributed by atoms with Gasteiger partial charge < -0.3 is 28.5 Å². The van der Waals surface area contributed by atoms with Crippen molar-refractivity contribution in [2.45, 2.75) is 379 Å². The number of carboxylic acids is 1. The molecule has 0 aliphatic heterocycles. The molecule has 0 aliphatic carbocycles. The maximum absolute atomic E-state index is 12.9. The molecule has 84 heavy (non-hydrogen) atoms. The topological polar surface area (TPSA) is 108 Å². The van der Waals surface area contributed by atoms with Gasteiger partial charge in [-0.15, -0.1) is 0 Å². The van der Waals surface area contributed by atoms with E-state index in [9.17, 15) is 19.5 Å². The highest BCUT2D eigenvalue weighted by Crippen LogP contribution is 2.19. The van der Waals surface area contributed by atoms with Crippen molar-refractivity contribution in [3.8, 4) is 0 Å². The van der Waals surface area contributed by atoms with Crippen molar-refractivity contribution in [3.63, 3.8) is 0 Å². The summed E-state index contributed by atoms with van der Waals surface area (Å²) in [6.45, 7) is 4.93. The molecule has 0 bridgehead atoms. The molecule has 0 fully saturated rings. The molecule has 1 N–H and O–H groups in total. The smallest absolute Gasteiger partial charge is 0.361 e. The van der Waals surface area contributed by atoms with Crippen molar-refractivity contribution >= 4 is 17.9 Å². The fourth-order valence-corrected chi connectivity index (χ4v) is 11.0. The first kappa shape index (κ1) is 81.5. The van der Waals surface area contributed by atoms with Gasteiger partial charge in [0.15, 0.2) is 6.10 Å². The average molecular weight is 1190 g/mol. The number of rotatable bonds is 69. The number of ether oxygens (including phenoxy) is 4. The Kier molecular flexibility index (Phi) is 64.5. The number of allylic oxidation sites excluding steroid dienone is 6. The van der Waals surface area contributed by atoms with Gasteiger partial charge in [-0.3, -0.25) is 9.59 Å². The fraction of sp³-hybridized carbons (Fsp3) is 0.880. The van der Waals surface area contributed by atoms with Gasteiger partial charge >= 0.3 is 17.9 Å². The Labute approximate surface area is 521 Å². The van der Waals surface area contributed by atoms with Crippen LogP contribution in [0.2, 0.25) is 0 Å². The Morgan fingerprint density at radius 1 is 0.357 bits per heavy atom. The summed E-state index contributed by atoms with van der Waals surface area (Å²) in [6, 6.07) is 0. The zero-order valence-corrected chi connectivity index (χ0v) is 56.6. The van der Waals surface area contributed by atoms with Crippen LogP contribution in [0.3, 0.4) is 0 Å². The van der Waals surface area contributed by atoms with Gasteiger partial charge in [0.05, 0.1) is 34.4 Å². The second kappa shape index (κ2) is 66.5. The number of aliphatic carboxylic acids is 1. The minimum Gasteiger partial charge on any atom is -0.477 e. The van der Waals surface area contributed by atoms with E-state index in [4.69, 9.17) is 18.9 Å². The number of unbranched alkanes of at least 4 members (excludes halogenated alkanes) is 48. The van der Waals surface area contributed by atoms with Gasteiger partial charge in [0, 0.05) is 12.8 Å². The standard InChI is InChI=1S/C75H141NO8/c1-6-8-10-12-14-16-18-20-22-24-26-28-30-32-33-34-35-36-37-38-39-40-42-43-45-47-49-51-53-55-57-59-61-63-65-72(77)82-69-71(70-83-75(74(79)80)81-68-67-76(3,4)5)84-73(78)66-64-62-60-58-56-54-52-50-48-46-44-41-31-29-27-25-23-21-19-17-15-13-11-9-7-2/h19,21,25,27,31,41,71,75H,6-18,20,22-24,26,28-30,32-40,42-70H2,1-5H3/p+1/b21-19-,27-25-,41-31-. The van der Waals surface area contributed by atoms with Crippen molar-refractivity contribution < 1.29 is 42.9 Å². The van der Waals surface area contributed by atoms with E-state index in [1.165, 1.54) is 283 Å². The lowest BCUT2D eigenvalue weighted by molar-refractivity contribution is -0.870. The van der Waals surface area contributed by atoms with E-state index < -0.39 is 24.3 Å². The normalized spacial score (nSPS) is 12.8. The summed E-state index contributed by atoms with van der Waals surface area (Å²) in [6.07, 6.45) is 81.3. The molecule has 0 saturated carbocycles. The third-order valence-corrected chi connectivity index (χ3v) is 16.6. The van der Waals surface area contributed by atoms with Gasteiger partial charge in [-0.05, 0) is 51.4 Å². The minimum absolute atomic E-state index is 0.179. The maximum atomic E-state index is 12.9. The summed E-state index contributed by atoms with van der Waals surface area (Å²) in [7, 11) is 5.99.